The van der Waals surface area contributed by atoms with Crippen LogP contribution < -0.4 is 0 Å². The van der Waals surface area contributed by atoms with Crippen molar-refractivity contribution >= 4 is 35.5 Å². The van der Waals surface area contributed by atoms with Crippen molar-refractivity contribution in [3.05, 3.63) is 71.3 Å². The second-order valence-electron chi connectivity index (χ2n) is 4.81. The van der Waals surface area contributed by atoms with Gasteiger partial charge in [0.1, 0.15) is 0 Å². The third-order valence-corrected chi connectivity index (χ3v) is 3.55. The number of benzene rings is 2. The molecule has 3 nitrogen and oxygen atoms in total. The number of esters is 1. The molecular weight excluding hydrogens is 287 g/mol. The van der Waals surface area contributed by atoms with Crippen molar-refractivity contribution < 1.29 is 14.6 Å². The predicted octanol–water partition coefficient (Wildman–Crippen LogP) is 2.40. The Kier molecular flexibility index (Phi) is 7.30. The average molecular weight is 308 g/mol. The van der Waals surface area contributed by atoms with Crippen LogP contribution in [0.1, 0.15) is 30.5 Å². The van der Waals surface area contributed by atoms with Gasteiger partial charge in [-0.25, -0.2) is 4.79 Å². The van der Waals surface area contributed by atoms with Gasteiger partial charge in [-0.2, -0.15) is 0 Å². The number of ether oxygens (including phenoxy) is 1. The summed E-state index contributed by atoms with van der Waals surface area (Å²) in [6.45, 7) is 3.95. The van der Waals surface area contributed by atoms with Gasteiger partial charge in [-0.05, 0) is 24.5 Å². The zero-order chi connectivity index (χ0) is 15.3. The summed E-state index contributed by atoms with van der Waals surface area (Å²) in [5, 5.41) is 11.2. The topological polar surface area (TPSA) is 46.5 Å². The summed E-state index contributed by atoms with van der Waals surface area (Å²) in [7, 11) is 0. The van der Waals surface area contributed by atoms with E-state index in [2.05, 4.69) is 0 Å². The Morgan fingerprint density at radius 2 is 1.64 bits per heavy atom. The molecule has 2 rings (SSSR count). The van der Waals surface area contributed by atoms with E-state index in [1.165, 1.54) is 0 Å². The third-order valence-electron chi connectivity index (χ3n) is 3.55. The Morgan fingerprint density at radius 1 is 1.05 bits per heavy atom. The molecule has 0 spiro atoms. The van der Waals surface area contributed by atoms with Gasteiger partial charge in [0, 0.05) is 5.56 Å². The quantitative estimate of drug-likeness (QED) is 0.681. The van der Waals surface area contributed by atoms with Crippen LogP contribution in [0.25, 0.3) is 0 Å². The summed E-state index contributed by atoms with van der Waals surface area (Å²) >= 11 is 0. The van der Waals surface area contributed by atoms with E-state index in [0.29, 0.717) is 11.1 Å². The monoisotopic (exact) mass is 308 g/mol. The maximum absolute atomic E-state index is 12.5. The van der Waals surface area contributed by atoms with Gasteiger partial charge in [0.2, 0.25) is 5.60 Å². The summed E-state index contributed by atoms with van der Waals surface area (Å²) in [5.41, 5.74) is 0.252. The molecule has 0 saturated carbocycles. The standard InChI is InChI=1S/C18H20O3.Na.H/c1-3-14-10-8-9-13-16(14)18(20,17(19)21-4-2)15-11-6-5-7-12-15;;/h5-13,20H,3-4H2,1-2H3;;. The van der Waals surface area contributed by atoms with Gasteiger partial charge in [-0.15, -0.1) is 0 Å². The minimum absolute atomic E-state index is 0. The summed E-state index contributed by atoms with van der Waals surface area (Å²) in [4.78, 5) is 12.5. The van der Waals surface area contributed by atoms with Crippen LogP contribution >= 0.6 is 0 Å². The molecule has 1 N–H and O–H groups in total. The first-order valence-electron chi connectivity index (χ1n) is 7.18. The average Bonchev–Trinajstić information content (AvgIpc) is 2.55. The molecule has 0 aliphatic rings. The van der Waals surface area contributed by atoms with Crippen LogP contribution in [-0.4, -0.2) is 47.2 Å². The van der Waals surface area contributed by atoms with Crippen LogP contribution in [0.4, 0.5) is 0 Å². The number of hydrogen-bond donors (Lipinski definition) is 1. The van der Waals surface area contributed by atoms with Crippen molar-refractivity contribution in [2.45, 2.75) is 25.9 Å². The van der Waals surface area contributed by atoms with E-state index in [1.807, 2.05) is 31.2 Å². The van der Waals surface area contributed by atoms with Crippen molar-refractivity contribution in [3.8, 4) is 0 Å². The summed E-state index contributed by atoms with van der Waals surface area (Å²) in [6, 6.07) is 16.3. The van der Waals surface area contributed by atoms with E-state index in [1.54, 1.807) is 37.3 Å². The molecule has 0 fully saturated rings. The number of hydrogen-bond acceptors (Lipinski definition) is 3. The van der Waals surface area contributed by atoms with Crippen LogP contribution in [0.3, 0.4) is 0 Å². The molecule has 22 heavy (non-hydrogen) atoms. The molecule has 0 amide bonds. The molecule has 0 aromatic heterocycles. The Hall–Kier alpha value is -1.13. The van der Waals surface area contributed by atoms with Gasteiger partial charge < -0.3 is 9.84 Å². The molecule has 2 aromatic carbocycles. The molecule has 2 aromatic rings. The number of carbonyl (C=O) groups is 1. The fourth-order valence-electron chi connectivity index (χ4n) is 2.48. The molecule has 0 aliphatic carbocycles. The third kappa shape index (κ3) is 3.61. The molecule has 0 saturated heterocycles. The van der Waals surface area contributed by atoms with Crippen LogP contribution in [-0.2, 0) is 21.6 Å². The Morgan fingerprint density at radius 3 is 2.23 bits per heavy atom. The van der Waals surface area contributed by atoms with E-state index in [9.17, 15) is 9.90 Å². The number of rotatable bonds is 5. The van der Waals surface area contributed by atoms with Crippen molar-refractivity contribution in [2.75, 3.05) is 6.61 Å². The van der Waals surface area contributed by atoms with Gasteiger partial charge in [0.25, 0.3) is 0 Å². The fraction of sp³-hybridized carbons (Fsp3) is 0.278. The summed E-state index contributed by atoms with van der Waals surface area (Å²) in [6.07, 6.45) is 0.727. The molecular formula is C18H21NaO3. The van der Waals surface area contributed by atoms with E-state index >= 15 is 0 Å². The SMILES string of the molecule is CCOC(=O)C(O)(c1ccccc1)c1ccccc1CC.[NaH]. The fourth-order valence-corrected chi connectivity index (χ4v) is 2.48. The van der Waals surface area contributed by atoms with Gasteiger partial charge in [0.15, 0.2) is 0 Å². The van der Waals surface area contributed by atoms with Crippen LogP contribution in [0.2, 0.25) is 0 Å². The Bertz CT molecular complexity index is 613. The molecule has 0 radical (unpaired) electrons. The zero-order valence-electron chi connectivity index (χ0n) is 12.4. The minimum atomic E-state index is -1.77. The van der Waals surface area contributed by atoms with E-state index in [0.717, 1.165) is 12.0 Å². The molecule has 0 aliphatic heterocycles. The van der Waals surface area contributed by atoms with Crippen molar-refractivity contribution in [1.29, 1.82) is 0 Å². The normalized spacial score (nSPS) is 12.9. The molecule has 0 heterocycles. The summed E-state index contributed by atoms with van der Waals surface area (Å²) in [5.74, 6) is -0.642. The molecule has 1 unspecified atom stereocenters. The first-order valence-corrected chi connectivity index (χ1v) is 7.18. The second-order valence-corrected chi connectivity index (χ2v) is 4.81. The summed E-state index contributed by atoms with van der Waals surface area (Å²) < 4.78 is 5.13. The van der Waals surface area contributed by atoms with Gasteiger partial charge in [-0.1, -0.05) is 61.5 Å². The molecule has 0 bridgehead atoms. The van der Waals surface area contributed by atoms with Gasteiger partial charge in [0.05, 0.1) is 6.61 Å². The number of aryl methyl sites for hydroxylation is 1. The molecule has 112 valence electrons. The zero-order valence-corrected chi connectivity index (χ0v) is 12.4. The first kappa shape index (κ1) is 18.9. The van der Waals surface area contributed by atoms with E-state index in [4.69, 9.17) is 4.74 Å². The van der Waals surface area contributed by atoms with E-state index < -0.39 is 11.6 Å². The van der Waals surface area contributed by atoms with Crippen molar-refractivity contribution in [3.63, 3.8) is 0 Å². The van der Waals surface area contributed by atoms with Crippen LogP contribution in [0, 0.1) is 0 Å². The second kappa shape index (κ2) is 8.49. The van der Waals surface area contributed by atoms with Crippen molar-refractivity contribution in [2.24, 2.45) is 0 Å². The Balaban J connectivity index is 0.00000242. The van der Waals surface area contributed by atoms with Crippen molar-refractivity contribution in [1.82, 2.24) is 0 Å². The van der Waals surface area contributed by atoms with Gasteiger partial charge >= 0.3 is 35.5 Å². The van der Waals surface area contributed by atoms with Gasteiger partial charge in [-0.3, -0.25) is 0 Å². The number of aliphatic hydroxyl groups is 1. The molecule has 4 heteroatoms. The number of carbonyl (C=O) groups excluding carboxylic acids is 1. The maximum atomic E-state index is 12.5. The molecule has 1 atom stereocenters. The first-order chi connectivity index (χ1) is 10.1. The van der Waals surface area contributed by atoms with Crippen LogP contribution in [0.15, 0.2) is 54.6 Å². The predicted molar refractivity (Wildman–Crippen MR) is 89.0 cm³/mol. The Labute approximate surface area is 153 Å². The van der Waals surface area contributed by atoms with E-state index in [-0.39, 0.29) is 36.2 Å². The van der Waals surface area contributed by atoms with Crippen LogP contribution in [0.5, 0.6) is 0 Å².